The van der Waals surface area contributed by atoms with Gasteiger partial charge in [0.2, 0.25) is 5.91 Å². The number of aliphatic hydroxyl groups is 2. The third-order valence-corrected chi connectivity index (χ3v) is 16.3. The minimum absolute atomic E-state index is 0.0104. The van der Waals surface area contributed by atoms with Crippen molar-refractivity contribution in [2.24, 2.45) is 0 Å². The zero-order chi connectivity index (χ0) is 54.3. The van der Waals surface area contributed by atoms with Gasteiger partial charge in [-0.15, -0.1) is 0 Å². The molecule has 0 radical (unpaired) electrons. The molecule has 0 aliphatic carbocycles. The fraction of sp³-hybridized carbons (Fsp3) is 0.942. The van der Waals surface area contributed by atoms with Gasteiger partial charge in [-0.25, -0.2) is 0 Å². The van der Waals surface area contributed by atoms with E-state index < -0.39 is 12.1 Å². The van der Waals surface area contributed by atoms with Gasteiger partial charge >= 0.3 is 5.97 Å². The van der Waals surface area contributed by atoms with E-state index in [4.69, 9.17) is 4.74 Å². The van der Waals surface area contributed by atoms with Gasteiger partial charge in [0.05, 0.1) is 25.4 Å². The molecule has 0 bridgehead atoms. The van der Waals surface area contributed by atoms with Crippen LogP contribution in [0.1, 0.15) is 393 Å². The average molecular weight is 1060 g/mol. The summed E-state index contributed by atoms with van der Waals surface area (Å²) >= 11 is 0. The molecule has 0 spiro atoms. The minimum atomic E-state index is -0.665. The van der Waals surface area contributed by atoms with Crippen molar-refractivity contribution in [1.82, 2.24) is 5.32 Å². The van der Waals surface area contributed by atoms with E-state index in [9.17, 15) is 19.8 Å². The van der Waals surface area contributed by atoms with Crippen molar-refractivity contribution < 1.29 is 24.5 Å². The molecule has 0 aromatic carbocycles. The molecule has 0 rings (SSSR count). The first kappa shape index (κ1) is 73.6. The first-order valence-electron chi connectivity index (χ1n) is 34.4. The number of carbonyl (C=O) groups excluding carboxylic acids is 2. The molecule has 1 amide bonds. The van der Waals surface area contributed by atoms with Crippen LogP contribution < -0.4 is 5.32 Å². The first-order valence-corrected chi connectivity index (χ1v) is 34.4. The number of rotatable bonds is 65. The number of amides is 1. The van der Waals surface area contributed by atoms with Crippen LogP contribution in [0.4, 0.5) is 0 Å². The number of ether oxygens (including phenoxy) is 1. The van der Waals surface area contributed by atoms with E-state index in [2.05, 4.69) is 31.3 Å². The minimum Gasteiger partial charge on any atom is -0.466 e. The molecule has 0 aromatic rings. The second-order valence-corrected chi connectivity index (χ2v) is 23.9. The molecule has 0 aliphatic rings. The van der Waals surface area contributed by atoms with Crippen molar-refractivity contribution in [2.45, 2.75) is 405 Å². The normalized spacial score (nSPS) is 12.5. The topological polar surface area (TPSA) is 95.9 Å². The zero-order valence-corrected chi connectivity index (χ0v) is 51.1. The molecule has 0 heterocycles. The quantitative estimate of drug-likeness (QED) is 0.0320. The van der Waals surface area contributed by atoms with Crippen LogP contribution in [-0.4, -0.2) is 47.4 Å². The highest BCUT2D eigenvalue weighted by Gasteiger charge is 2.20. The number of hydrogen-bond donors (Lipinski definition) is 3. The van der Waals surface area contributed by atoms with E-state index in [1.54, 1.807) is 0 Å². The molecule has 446 valence electrons. The number of allylic oxidation sites excluding steroid dienone is 2. The Morgan fingerprint density at radius 2 is 0.627 bits per heavy atom. The molecule has 2 unspecified atom stereocenters. The summed E-state index contributed by atoms with van der Waals surface area (Å²) in [4.78, 5) is 24.6. The van der Waals surface area contributed by atoms with Crippen LogP contribution in [-0.2, 0) is 14.3 Å². The molecule has 6 nitrogen and oxygen atoms in total. The Hall–Kier alpha value is -1.40. The second-order valence-electron chi connectivity index (χ2n) is 23.9. The van der Waals surface area contributed by atoms with Gasteiger partial charge in [0.15, 0.2) is 0 Å². The number of esters is 1. The Labute approximate surface area is 469 Å². The largest absolute Gasteiger partial charge is 0.466 e. The van der Waals surface area contributed by atoms with Crippen molar-refractivity contribution in [3.63, 3.8) is 0 Å². The Bertz CT molecular complexity index is 1130. The SMILES string of the molecule is CCCCCCCCC/C=C\CCCCCCCCCC(=O)OCCCCCCCCCCCCCCCCCCCCCCCC(=O)NC(CO)C(O)CCCCCCCCCCCCCCCCCCCCC. The van der Waals surface area contributed by atoms with Gasteiger partial charge in [-0.2, -0.15) is 0 Å². The van der Waals surface area contributed by atoms with Crippen molar-refractivity contribution >= 4 is 11.9 Å². The second kappa shape index (κ2) is 65.1. The molecule has 3 N–H and O–H groups in total. The van der Waals surface area contributed by atoms with Crippen molar-refractivity contribution in [3.8, 4) is 0 Å². The fourth-order valence-corrected chi connectivity index (χ4v) is 11.1. The Morgan fingerprint density at radius 3 is 0.947 bits per heavy atom. The van der Waals surface area contributed by atoms with Gasteiger partial charge in [-0.3, -0.25) is 9.59 Å². The van der Waals surface area contributed by atoms with Crippen LogP contribution in [0.25, 0.3) is 0 Å². The van der Waals surface area contributed by atoms with E-state index in [-0.39, 0.29) is 18.5 Å². The summed E-state index contributed by atoms with van der Waals surface area (Å²) in [7, 11) is 0. The summed E-state index contributed by atoms with van der Waals surface area (Å²) in [5.41, 5.74) is 0. The van der Waals surface area contributed by atoms with E-state index in [0.717, 1.165) is 44.9 Å². The zero-order valence-electron chi connectivity index (χ0n) is 51.1. The molecule has 0 fully saturated rings. The van der Waals surface area contributed by atoms with Crippen LogP contribution in [0.2, 0.25) is 0 Å². The number of unbranched alkanes of at least 4 members (excludes halogenated alkanes) is 52. The van der Waals surface area contributed by atoms with Gasteiger partial charge in [-0.05, 0) is 51.4 Å². The molecule has 6 heteroatoms. The predicted octanol–water partition coefficient (Wildman–Crippen LogP) is 22.0. The van der Waals surface area contributed by atoms with E-state index in [1.165, 1.54) is 315 Å². The van der Waals surface area contributed by atoms with Crippen molar-refractivity contribution in [2.75, 3.05) is 13.2 Å². The van der Waals surface area contributed by atoms with Crippen molar-refractivity contribution in [1.29, 1.82) is 0 Å². The molecule has 75 heavy (non-hydrogen) atoms. The van der Waals surface area contributed by atoms with Crippen LogP contribution >= 0.6 is 0 Å². The summed E-state index contributed by atoms with van der Waals surface area (Å²) < 4.78 is 5.50. The molecule has 2 atom stereocenters. The smallest absolute Gasteiger partial charge is 0.305 e. The van der Waals surface area contributed by atoms with Gasteiger partial charge in [0.1, 0.15) is 0 Å². The van der Waals surface area contributed by atoms with Crippen LogP contribution in [0.3, 0.4) is 0 Å². The van der Waals surface area contributed by atoms with Gasteiger partial charge in [-0.1, -0.05) is 341 Å². The lowest BCUT2D eigenvalue weighted by molar-refractivity contribution is -0.143. The summed E-state index contributed by atoms with van der Waals surface area (Å²) in [6.07, 6.45) is 79.6. The lowest BCUT2D eigenvalue weighted by Gasteiger charge is -2.22. The number of carbonyl (C=O) groups is 2. The third-order valence-electron chi connectivity index (χ3n) is 16.3. The number of hydrogen-bond acceptors (Lipinski definition) is 5. The number of nitrogens with one attached hydrogen (secondary N) is 1. The molecule has 0 saturated heterocycles. The maximum atomic E-state index is 12.5. The average Bonchev–Trinajstić information content (AvgIpc) is 3.41. The predicted molar refractivity (Wildman–Crippen MR) is 329 cm³/mol. The maximum Gasteiger partial charge on any atom is 0.305 e. The highest BCUT2D eigenvalue weighted by Crippen LogP contribution is 2.19. The molecule has 0 aromatic heterocycles. The standard InChI is InChI=1S/C69H135NO5/c1-3-5-7-9-11-13-15-17-19-21-26-29-33-37-41-45-49-53-57-61-67(72)66(65-71)70-68(73)62-58-54-50-46-42-38-34-30-27-24-23-25-28-32-36-40-44-48-52-56-60-64-75-69(74)63-59-55-51-47-43-39-35-31-22-20-18-16-14-12-10-8-6-4-2/h20,22,66-67,71-72H,3-19,21,23-65H2,1-2H3,(H,70,73)/b22-20-. The Morgan fingerprint density at radius 1 is 0.360 bits per heavy atom. The highest BCUT2D eigenvalue weighted by atomic mass is 16.5. The van der Waals surface area contributed by atoms with Crippen LogP contribution in [0, 0.1) is 0 Å². The lowest BCUT2D eigenvalue weighted by atomic mass is 10.0. The molecule has 0 aliphatic heterocycles. The Balaban J connectivity index is 3.37. The molecular formula is C69H135NO5. The molecule has 0 saturated carbocycles. The van der Waals surface area contributed by atoms with Gasteiger partial charge in [0.25, 0.3) is 0 Å². The van der Waals surface area contributed by atoms with Crippen molar-refractivity contribution in [3.05, 3.63) is 12.2 Å². The van der Waals surface area contributed by atoms with Gasteiger partial charge < -0.3 is 20.3 Å². The van der Waals surface area contributed by atoms with Crippen LogP contribution in [0.5, 0.6) is 0 Å². The summed E-state index contributed by atoms with van der Waals surface area (Å²) in [6, 6.07) is -0.542. The Kier molecular flexibility index (Phi) is 63.9. The van der Waals surface area contributed by atoms with E-state index in [1.807, 2.05) is 0 Å². The summed E-state index contributed by atoms with van der Waals surface area (Å²) in [6.45, 7) is 4.99. The van der Waals surface area contributed by atoms with Crippen LogP contribution in [0.15, 0.2) is 12.2 Å². The lowest BCUT2D eigenvalue weighted by Crippen LogP contribution is -2.45. The summed E-state index contributed by atoms with van der Waals surface area (Å²) in [5, 5.41) is 23.4. The van der Waals surface area contributed by atoms with E-state index >= 15 is 0 Å². The maximum absolute atomic E-state index is 12.5. The highest BCUT2D eigenvalue weighted by molar-refractivity contribution is 5.76. The fourth-order valence-electron chi connectivity index (χ4n) is 11.1. The van der Waals surface area contributed by atoms with Gasteiger partial charge in [0, 0.05) is 12.8 Å². The first-order chi connectivity index (χ1) is 37.0. The monoisotopic (exact) mass is 1060 g/mol. The number of aliphatic hydroxyl groups excluding tert-OH is 2. The molecular weight excluding hydrogens is 923 g/mol. The third kappa shape index (κ3) is 61.7. The van der Waals surface area contributed by atoms with E-state index in [0.29, 0.717) is 25.9 Å². The summed E-state index contributed by atoms with van der Waals surface area (Å²) in [5.74, 6) is -0.0213.